The summed E-state index contributed by atoms with van der Waals surface area (Å²) in [6.45, 7) is 3.75. The lowest BCUT2D eigenvalue weighted by Gasteiger charge is -2.35. The molecular weight excluding hydrogens is 308 g/mol. The second-order valence-electron chi connectivity index (χ2n) is 5.30. The number of aliphatic hydroxyl groups is 1. The van der Waals surface area contributed by atoms with E-state index in [1.165, 1.54) is 0 Å². The van der Waals surface area contributed by atoms with E-state index in [1.807, 2.05) is 31.2 Å². The molecule has 1 aliphatic heterocycles. The van der Waals surface area contributed by atoms with Crippen LogP contribution in [0.5, 0.6) is 0 Å². The number of benzene rings is 1. The minimum atomic E-state index is -0.574. The van der Waals surface area contributed by atoms with Crippen LogP contribution >= 0.6 is 15.9 Å². The number of hydrogen-bond donors (Lipinski definition) is 2. The number of likely N-dealkylation sites (tertiary alicyclic amines) is 1. The van der Waals surface area contributed by atoms with Gasteiger partial charge in [0.2, 0.25) is 5.91 Å². The van der Waals surface area contributed by atoms with Gasteiger partial charge >= 0.3 is 0 Å². The van der Waals surface area contributed by atoms with Crippen LogP contribution in [0.15, 0.2) is 28.7 Å². The van der Waals surface area contributed by atoms with E-state index in [-0.39, 0.29) is 5.91 Å². The second kappa shape index (κ2) is 6.03. The third-order valence-electron chi connectivity index (χ3n) is 3.45. The molecule has 1 fully saturated rings. The van der Waals surface area contributed by atoms with Gasteiger partial charge < -0.3 is 10.4 Å². The van der Waals surface area contributed by atoms with Crippen molar-refractivity contribution in [2.45, 2.75) is 25.4 Å². The first-order chi connectivity index (χ1) is 8.96. The fourth-order valence-corrected chi connectivity index (χ4v) is 2.53. The Labute approximate surface area is 121 Å². The third kappa shape index (κ3) is 4.30. The number of halogens is 1. The Morgan fingerprint density at radius 2 is 2.05 bits per heavy atom. The highest BCUT2D eigenvalue weighted by Gasteiger charge is 2.27. The summed E-state index contributed by atoms with van der Waals surface area (Å²) in [5, 5.41) is 12.8. The molecule has 0 atom stereocenters. The molecule has 0 aromatic heterocycles. The lowest BCUT2D eigenvalue weighted by atomic mass is 9.94. The highest BCUT2D eigenvalue weighted by atomic mass is 79.9. The van der Waals surface area contributed by atoms with Crippen molar-refractivity contribution in [2.75, 3.05) is 25.0 Å². The Hall–Kier alpha value is -0.910. The fraction of sp³-hybridized carbons (Fsp3) is 0.500. The fourth-order valence-electron chi connectivity index (χ4n) is 2.15. The van der Waals surface area contributed by atoms with E-state index < -0.39 is 5.60 Å². The summed E-state index contributed by atoms with van der Waals surface area (Å²) in [4.78, 5) is 14.0. The van der Waals surface area contributed by atoms with Gasteiger partial charge in [0.05, 0.1) is 17.8 Å². The van der Waals surface area contributed by atoms with Gasteiger partial charge in [-0.1, -0.05) is 12.1 Å². The molecule has 0 radical (unpaired) electrons. The van der Waals surface area contributed by atoms with Gasteiger partial charge in [0.15, 0.2) is 0 Å². The molecule has 5 heteroatoms. The third-order valence-corrected chi connectivity index (χ3v) is 4.14. The Bertz CT molecular complexity index is 453. The summed E-state index contributed by atoms with van der Waals surface area (Å²) in [6.07, 6.45) is 1.44. The first-order valence-corrected chi connectivity index (χ1v) is 7.25. The zero-order chi connectivity index (χ0) is 13.9. The molecule has 4 nitrogen and oxygen atoms in total. The molecule has 0 saturated carbocycles. The number of carbonyl (C=O) groups is 1. The van der Waals surface area contributed by atoms with Crippen LogP contribution in [0, 0.1) is 0 Å². The molecule has 2 rings (SSSR count). The maximum Gasteiger partial charge on any atom is 0.238 e. The van der Waals surface area contributed by atoms with Gasteiger partial charge in [-0.3, -0.25) is 9.69 Å². The maximum atomic E-state index is 12.0. The Morgan fingerprint density at radius 1 is 1.42 bits per heavy atom. The van der Waals surface area contributed by atoms with Crippen LogP contribution < -0.4 is 5.32 Å². The van der Waals surface area contributed by atoms with Crippen LogP contribution in [-0.2, 0) is 4.79 Å². The lowest BCUT2D eigenvalue weighted by Crippen LogP contribution is -2.45. The van der Waals surface area contributed by atoms with Crippen LogP contribution in [-0.4, -0.2) is 41.1 Å². The van der Waals surface area contributed by atoms with Gasteiger partial charge in [-0.25, -0.2) is 0 Å². The maximum absolute atomic E-state index is 12.0. The molecule has 19 heavy (non-hydrogen) atoms. The molecule has 1 aromatic carbocycles. The molecule has 104 valence electrons. The molecule has 0 aliphatic carbocycles. The van der Waals surface area contributed by atoms with Crippen LogP contribution in [0.3, 0.4) is 0 Å². The molecule has 2 N–H and O–H groups in total. The van der Waals surface area contributed by atoms with E-state index in [0.717, 1.165) is 36.1 Å². The van der Waals surface area contributed by atoms with Gasteiger partial charge in [-0.2, -0.15) is 0 Å². The monoisotopic (exact) mass is 326 g/mol. The average Bonchev–Trinajstić information content (AvgIpc) is 2.35. The Balaban J connectivity index is 1.84. The molecule has 1 aromatic rings. The van der Waals surface area contributed by atoms with Gasteiger partial charge in [-0.15, -0.1) is 0 Å². The van der Waals surface area contributed by atoms with Crippen LogP contribution in [0.2, 0.25) is 0 Å². The van der Waals surface area contributed by atoms with Gasteiger partial charge in [0, 0.05) is 17.6 Å². The highest BCUT2D eigenvalue weighted by Crippen LogP contribution is 2.22. The Morgan fingerprint density at radius 3 is 2.68 bits per heavy atom. The van der Waals surface area contributed by atoms with Gasteiger partial charge in [0.25, 0.3) is 0 Å². The summed E-state index contributed by atoms with van der Waals surface area (Å²) < 4.78 is 0.880. The molecule has 1 aliphatic rings. The van der Waals surface area contributed by atoms with E-state index in [1.54, 1.807) is 0 Å². The predicted molar refractivity (Wildman–Crippen MR) is 79.1 cm³/mol. The number of anilines is 1. The first kappa shape index (κ1) is 14.5. The molecule has 0 spiro atoms. The van der Waals surface area contributed by atoms with Gasteiger partial charge in [-0.05, 0) is 47.8 Å². The summed E-state index contributed by atoms with van der Waals surface area (Å²) >= 11 is 3.40. The number of piperidine rings is 1. The average molecular weight is 327 g/mol. The number of hydrogen-bond acceptors (Lipinski definition) is 3. The molecule has 0 unspecified atom stereocenters. The largest absolute Gasteiger partial charge is 0.390 e. The highest BCUT2D eigenvalue weighted by molar-refractivity contribution is 9.10. The van der Waals surface area contributed by atoms with Gasteiger partial charge in [0.1, 0.15) is 0 Å². The van der Waals surface area contributed by atoms with E-state index in [2.05, 4.69) is 26.1 Å². The Kier molecular flexibility index (Phi) is 4.60. The second-order valence-corrected chi connectivity index (χ2v) is 6.16. The molecule has 1 amide bonds. The zero-order valence-electron chi connectivity index (χ0n) is 11.0. The summed E-state index contributed by atoms with van der Waals surface area (Å²) in [5.41, 5.74) is 0.214. The molecular formula is C14H19BrN2O2. The minimum absolute atomic E-state index is 0.0200. The number of nitrogens with one attached hydrogen (secondary N) is 1. The van der Waals surface area contributed by atoms with E-state index in [0.29, 0.717) is 6.54 Å². The van der Waals surface area contributed by atoms with Crippen molar-refractivity contribution < 1.29 is 9.90 Å². The van der Waals surface area contributed by atoms with Crippen molar-refractivity contribution in [3.05, 3.63) is 28.7 Å². The van der Waals surface area contributed by atoms with Crippen LogP contribution in [0.1, 0.15) is 19.8 Å². The van der Waals surface area contributed by atoms with E-state index in [4.69, 9.17) is 0 Å². The summed E-state index contributed by atoms with van der Waals surface area (Å²) in [6, 6.07) is 7.56. The number of para-hydroxylation sites is 1. The number of nitrogens with zero attached hydrogens (tertiary/aromatic N) is 1. The summed E-state index contributed by atoms with van der Waals surface area (Å²) in [7, 11) is 0. The van der Waals surface area contributed by atoms with Crippen molar-refractivity contribution in [1.82, 2.24) is 4.90 Å². The zero-order valence-corrected chi connectivity index (χ0v) is 12.6. The van der Waals surface area contributed by atoms with E-state index in [9.17, 15) is 9.90 Å². The van der Waals surface area contributed by atoms with Crippen molar-refractivity contribution >= 4 is 27.5 Å². The normalized spacial score (nSPS) is 19.1. The molecule has 1 saturated heterocycles. The summed E-state index contributed by atoms with van der Waals surface area (Å²) in [5.74, 6) is -0.0200. The quantitative estimate of drug-likeness (QED) is 0.895. The lowest BCUT2D eigenvalue weighted by molar-refractivity contribution is -0.118. The van der Waals surface area contributed by atoms with Crippen LogP contribution in [0.4, 0.5) is 5.69 Å². The SMILES string of the molecule is CC1(O)CCN(CC(=O)Nc2ccccc2Br)CC1. The van der Waals surface area contributed by atoms with Crippen molar-refractivity contribution in [3.8, 4) is 0 Å². The number of amides is 1. The number of rotatable bonds is 3. The topological polar surface area (TPSA) is 52.6 Å². The molecule has 1 heterocycles. The van der Waals surface area contributed by atoms with Crippen LogP contribution in [0.25, 0.3) is 0 Å². The first-order valence-electron chi connectivity index (χ1n) is 6.45. The molecule has 0 bridgehead atoms. The standard InChI is InChI=1S/C14H19BrN2O2/c1-14(19)6-8-17(9-7-14)10-13(18)16-12-5-3-2-4-11(12)15/h2-5,19H,6-10H2,1H3,(H,16,18). The van der Waals surface area contributed by atoms with Crippen molar-refractivity contribution in [2.24, 2.45) is 0 Å². The predicted octanol–water partition coefficient (Wildman–Crippen LogP) is 2.23. The smallest absolute Gasteiger partial charge is 0.238 e. The number of carbonyl (C=O) groups excluding carboxylic acids is 1. The van der Waals surface area contributed by atoms with E-state index >= 15 is 0 Å². The minimum Gasteiger partial charge on any atom is -0.390 e. The van der Waals surface area contributed by atoms with Crippen molar-refractivity contribution in [1.29, 1.82) is 0 Å². The van der Waals surface area contributed by atoms with Crippen molar-refractivity contribution in [3.63, 3.8) is 0 Å².